The van der Waals surface area contributed by atoms with Crippen molar-refractivity contribution in [2.75, 3.05) is 19.6 Å². The minimum atomic E-state index is -4.31. The Morgan fingerprint density at radius 1 is 1.18 bits per heavy atom. The smallest absolute Gasteiger partial charge is 0.313 e. The van der Waals surface area contributed by atoms with Crippen LogP contribution in [0, 0.1) is 0 Å². The van der Waals surface area contributed by atoms with E-state index in [0.29, 0.717) is 6.54 Å². The summed E-state index contributed by atoms with van der Waals surface area (Å²) in [6.07, 6.45) is -2.67. The molecule has 1 aromatic carbocycles. The molecule has 0 unspecified atom stereocenters. The summed E-state index contributed by atoms with van der Waals surface area (Å²) in [7, 11) is -3.71. The minimum Gasteiger partial charge on any atom is -0.313 e. The monoisotopic (exact) mass is 334 g/mol. The summed E-state index contributed by atoms with van der Waals surface area (Å²) in [5, 5.41) is 3.12. The lowest BCUT2D eigenvalue weighted by Gasteiger charge is -2.15. The first-order valence-corrected chi connectivity index (χ1v) is 8.28. The number of sulfonamides is 1. The van der Waals surface area contributed by atoms with E-state index in [0.717, 1.165) is 18.5 Å². The first kappa shape index (κ1) is 17.0. The molecule has 0 atom stereocenters. The van der Waals surface area contributed by atoms with Gasteiger partial charge < -0.3 is 5.32 Å². The molecular weight excluding hydrogens is 317 g/mol. The van der Waals surface area contributed by atoms with Crippen molar-refractivity contribution in [2.45, 2.75) is 23.9 Å². The number of rotatable bonds is 5. The number of nitrogens with one attached hydrogen (secondary N) is 2. The van der Waals surface area contributed by atoms with Gasteiger partial charge in [-0.1, -0.05) is 23.8 Å². The van der Waals surface area contributed by atoms with Crippen LogP contribution >= 0.6 is 0 Å². The molecule has 4 nitrogen and oxygen atoms in total. The Morgan fingerprint density at radius 3 is 2.41 bits per heavy atom. The van der Waals surface area contributed by atoms with Crippen LogP contribution in [0.25, 0.3) is 0 Å². The number of benzene rings is 1. The highest BCUT2D eigenvalue weighted by Gasteiger charge is 2.27. The normalized spacial score (nSPS) is 16.4. The zero-order valence-electron chi connectivity index (χ0n) is 11.8. The van der Waals surface area contributed by atoms with Gasteiger partial charge in [-0.25, -0.2) is 13.1 Å². The van der Waals surface area contributed by atoms with Crippen molar-refractivity contribution < 1.29 is 21.6 Å². The maximum Gasteiger partial charge on any atom is 0.393 e. The summed E-state index contributed by atoms with van der Waals surface area (Å²) in [6.45, 7) is 1.73. The quantitative estimate of drug-likeness (QED) is 0.810. The van der Waals surface area contributed by atoms with Crippen LogP contribution in [-0.4, -0.2) is 34.2 Å². The molecule has 0 spiro atoms. The molecule has 0 saturated heterocycles. The van der Waals surface area contributed by atoms with E-state index in [-0.39, 0.29) is 17.0 Å². The fourth-order valence-corrected chi connectivity index (χ4v) is 3.16. The fraction of sp³-hybridized carbons (Fsp3) is 0.429. The molecule has 1 aliphatic rings. The van der Waals surface area contributed by atoms with Crippen molar-refractivity contribution in [2.24, 2.45) is 0 Å². The third kappa shape index (κ3) is 5.11. The number of alkyl halides is 3. The maximum absolute atomic E-state index is 12.3. The highest BCUT2D eigenvalue weighted by molar-refractivity contribution is 7.89. The highest BCUT2D eigenvalue weighted by Crippen LogP contribution is 2.22. The van der Waals surface area contributed by atoms with E-state index in [1.54, 1.807) is 0 Å². The Bertz CT molecular complexity index is 637. The second-order valence-electron chi connectivity index (χ2n) is 5.08. The Kier molecular flexibility index (Phi) is 5.25. The van der Waals surface area contributed by atoms with Gasteiger partial charge in [0, 0.05) is 13.1 Å². The van der Waals surface area contributed by atoms with E-state index >= 15 is 0 Å². The topological polar surface area (TPSA) is 58.2 Å². The standard InChI is InChI=1S/C14H17F3N2O2S/c15-14(16,17)9-11-1-3-13(4-2-11)22(20,21)19-10-12-5-7-18-8-6-12/h1-5,18-19H,6-10H2. The Morgan fingerprint density at radius 2 is 1.86 bits per heavy atom. The van der Waals surface area contributed by atoms with E-state index in [9.17, 15) is 21.6 Å². The molecule has 8 heteroatoms. The van der Waals surface area contributed by atoms with Crippen LogP contribution in [0.2, 0.25) is 0 Å². The first-order chi connectivity index (χ1) is 10.3. The summed E-state index contributed by atoms with van der Waals surface area (Å²) in [6, 6.07) is 4.76. The molecular formula is C14H17F3N2O2S. The lowest BCUT2D eigenvalue weighted by molar-refractivity contribution is -0.127. The van der Waals surface area contributed by atoms with Crippen molar-refractivity contribution in [3.05, 3.63) is 41.5 Å². The average Bonchev–Trinajstić information content (AvgIpc) is 2.45. The van der Waals surface area contributed by atoms with Gasteiger partial charge >= 0.3 is 6.18 Å². The van der Waals surface area contributed by atoms with Crippen LogP contribution in [-0.2, 0) is 16.4 Å². The fourth-order valence-electron chi connectivity index (χ4n) is 2.12. The summed E-state index contributed by atoms with van der Waals surface area (Å²) in [5.41, 5.74) is 1.03. The van der Waals surface area contributed by atoms with E-state index in [1.807, 2.05) is 6.08 Å². The van der Waals surface area contributed by atoms with Crippen molar-refractivity contribution in [3.8, 4) is 0 Å². The number of hydrogen-bond acceptors (Lipinski definition) is 3. The van der Waals surface area contributed by atoms with E-state index in [1.165, 1.54) is 24.3 Å². The SMILES string of the molecule is O=S(=O)(NCC1=CCNCC1)c1ccc(CC(F)(F)F)cc1. The third-order valence-electron chi connectivity index (χ3n) is 3.29. The second-order valence-corrected chi connectivity index (χ2v) is 6.84. The largest absolute Gasteiger partial charge is 0.393 e. The predicted octanol–water partition coefficient (Wildman–Crippen LogP) is 1.99. The van der Waals surface area contributed by atoms with Crippen molar-refractivity contribution in [1.29, 1.82) is 0 Å². The van der Waals surface area contributed by atoms with Gasteiger partial charge in [-0.05, 0) is 30.7 Å². The van der Waals surface area contributed by atoms with Crippen LogP contribution in [0.5, 0.6) is 0 Å². The van der Waals surface area contributed by atoms with Crippen molar-refractivity contribution in [3.63, 3.8) is 0 Å². The van der Waals surface area contributed by atoms with Gasteiger partial charge in [0.05, 0.1) is 11.3 Å². The molecule has 0 bridgehead atoms. The summed E-state index contributed by atoms with van der Waals surface area (Å²) >= 11 is 0. The highest BCUT2D eigenvalue weighted by atomic mass is 32.2. The second kappa shape index (κ2) is 6.80. The molecule has 1 heterocycles. The lowest BCUT2D eigenvalue weighted by atomic mass is 10.1. The lowest BCUT2D eigenvalue weighted by Crippen LogP contribution is -2.29. The maximum atomic E-state index is 12.3. The molecule has 22 heavy (non-hydrogen) atoms. The van der Waals surface area contributed by atoms with Crippen LogP contribution in [0.3, 0.4) is 0 Å². The van der Waals surface area contributed by atoms with Gasteiger partial charge in [-0.15, -0.1) is 0 Å². The Balaban J connectivity index is 2.01. The van der Waals surface area contributed by atoms with Gasteiger partial charge in [-0.3, -0.25) is 0 Å². The molecule has 1 aromatic rings. The molecule has 2 rings (SSSR count). The van der Waals surface area contributed by atoms with Gasteiger partial charge in [0.2, 0.25) is 10.0 Å². The van der Waals surface area contributed by atoms with Gasteiger partial charge in [0.1, 0.15) is 0 Å². The van der Waals surface area contributed by atoms with E-state index in [4.69, 9.17) is 0 Å². The zero-order valence-corrected chi connectivity index (χ0v) is 12.6. The molecule has 122 valence electrons. The van der Waals surface area contributed by atoms with Crippen LogP contribution in [0.4, 0.5) is 13.2 Å². The predicted molar refractivity (Wildman–Crippen MR) is 77.0 cm³/mol. The molecule has 0 aromatic heterocycles. The summed E-state index contributed by atoms with van der Waals surface area (Å²) in [5.74, 6) is 0. The summed E-state index contributed by atoms with van der Waals surface area (Å²) in [4.78, 5) is -0.0343. The number of hydrogen-bond donors (Lipinski definition) is 2. The third-order valence-corrected chi connectivity index (χ3v) is 4.70. The van der Waals surface area contributed by atoms with Crippen LogP contribution in [0.15, 0.2) is 40.8 Å². The minimum absolute atomic E-state index is 0.0343. The molecule has 2 N–H and O–H groups in total. The van der Waals surface area contributed by atoms with Crippen molar-refractivity contribution in [1.82, 2.24) is 10.0 Å². The van der Waals surface area contributed by atoms with Gasteiger partial charge in [0.25, 0.3) is 0 Å². The molecule has 0 aliphatic carbocycles. The first-order valence-electron chi connectivity index (χ1n) is 6.80. The zero-order chi connectivity index (χ0) is 16.2. The summed E-state index contributed by atoms with van der Waals surface area (Å²) < 4.78 is 63.4. The van der Waals surface area contributed by atoms with Crippen LogP contribution < -0.4 is 10.0 Å². The van der Waals surface area contributed by atoms with Crippen LogP contribution in [0.1, 0.15) is 12.0 Å². The molecule has 0 saturated carbocycles. The molecule has 0 amide bonds. The Hall–Kier alpha value is -1.38. The number of halogens is 3. The van der Waals surface area contributed by atoms with Gasteiger partial charge in [0.15, 0.2) is 0 Å². The van der Waals surface area contributed by atoms with E-state index in [2.05, 4.69) is 10.0 Å². The average molecular weight is 334 g/mol. The van der Waals surface area contributed by atoms with Gasteiger partial charge in [-0.2, -0.15) is 13.2 Å². The van der Waals surface area contributed by atoms with Crippen molar-refractivity contribution >= 4 is 10.0 Å². The molecule has 1 aliphatic heterocycles. The van der Waals surface area contributed by atoms with E-state index < -0.39 is 22.6 Å². The Labute approximate surface area is 127 Å². The molecule has 0 radical (unpaired) electrons. The molecule has 0 fully saturated rings.